The van der Waals surface area contributed by atoms with Crippen molar-refractivity contribution in [2.45, 2.75) is 152 Å². The molecule has 0 amide bonds. The average molecular weight is 888 g/mol. The number of para-hydroxylation sites is 1. The fourth-order valence-electron chi connectivity index (χ4n) is 9.89. The second kappa shape index (κ2) is 21.4. The van der Waals surface area contributed by atoms with Crippen LogP contribution in [0.15, 0.2) is 144 Å². The lowest BCUT2D eigenvalue weighted by molar-refractivity contribution is 0.332. The lowest BCUT2D eigenvalue weighted by atomic mass is 9.63. The zero-order chi connectivity index (χ0) is 47.1. The van der Waals surface area contributed by atoms with Gasteiger partial charge in [-0.25, -0.2) is 0 Å². The second-order valence-corrected chi connectivity index (χ2v) is 22.4. The zero-order valence-electron chi connectivity index (χ0n) is 42.5. The van der Waals surface area contributed by atoms with E-state index in [4.69, 9.17) is 4.74 Å². The summed E-state index contributed by atoms with van der Waals surface area (Å²) in [5.41, 5.74) is 11.6. The van der Waals surface area contributed by atoms with Gasteiger partial charge in [0, 0.05) is 57.9 Å². The molecule has 0 spiro atoms. The van der Waals surface area contributed by atoms with E-state index in [0.29, 0.717) is 11.8 Å². The molecule has 0 bridgehead atoms. The van der Waals surface area contributed by atoms with Gasteiger partial charge in [0.05, 0.1) is 0 Å². The van der Waals surface area contributed by atoms with Crippen LogP contribution in [-0.2, 0) is 17.3 Å². The summed E-state index contributed by atoms with van der Waals surface area (Å²) in [6, 6.07) is 13.6. The van der Waals surface area contributed by atoms with Crippen LogP contribution in [0.4, 0.5) is 5.69 Å². The number of nitrogens with zero attached hydrogens (tertiary/aromatic N) is 2. The van der Waals surface area contributed by atoms with Gasteiger partial charge < -0.3 is 14.5 Å². The number of ether oxygens (including phenoxy) is 1. The molecule has 65 heavy (non-hydrogen) atoms. The van der Waals surface area contributed by atoms with E-state index >= 15 is 0 Å². The molecule has 6 rings (SSSR count). The minimum atomic E-state index is 0.0918. The number of hydrogen-bond acceptors (Lipinski definition) is 4. The third-order valence-corrected chi connectivity index (χ3v) is 15.4. The van der Waals surface area contributed by atoms with Gasteiger partial charge in [0.2, 0.25) is 7.28 Å². The topological polar surface area (TPSA) is 15.7 Å². The van der Waals surface area contributed by atoms with Crippen molar-refractivity contribution in [2.24, 2.45) is 17.3 Å². The Morgan fingerprint density at radius 3 is 2.40 bits per heavy atom. The molecule has 1 radical (unpaired) electrons. The van der Waals surface area contributed by atoms with Crippen molar-refractivity contribution in [1.29, 1.82) is 0 Å². The Hall–Kier alpha value is -4.48. The van der Waals surface area contributed by atoms with Gasteiger partial charge in [0.15, 0.2) is 0 Å². The molecule has 1 aromatic heterocycles. The maximum atomic E-state index is 6.62. The fourth-order valence-corrected chi connectivity index (χ4v) is 11.1. The van der Waals surface area contributed by atoms with Crippen LogP contribution in [0.1, 0.15) is 152 Å². The molecule has 2 aromatic carbocycles. The second-order valence-electron chi connectivity index (χ2n) is 21.3. The number of anilines is 1. The van der Waals surface area contributed by atoms with Crippen LogP contribution in [0.25, 0.3) is 10.1 Å². The maximum absolute atomic E-state index is 6.62. The first-order valence-corrected chi connectivity index (χ1v) is 25.6. The van der Waals surface area contributed by atoms with E-state index in [0.717, 1.165) is 53.6 Å². The van der Waals surface area contributed by atoms with Crippen molar-refractivity contribution in [3.05, 3.63) is 160 Å². The number of benzene rings is 2. The molecular formula is C60H80BN2OS. The SMILES string of the molecule is C=C/C(=C\C=C\C(C)CCCC)N1C(/C=C\C)=C/CN(C/C=C\C(=C/C)C(C)(C)CCC(C)C)c2c(sc3cc4c(cc23)C(C)(C)CCC4(C)C)[B]C(/C=C2\Cc3ccccc3O2)=C\1C. The van der Waals surface area contributed by atoms with Crippen molar-refractivity contribution in [2.75, 3.05) is 18.0 Å². The van der Waals surface area contributed by atoms with Crippen molar-refractivity contribution in [3.8, 4) is 5.75 Å². The molecule has 3 nitrogen and oxygen atoms in total. The van der Waals surface area contributed by atoms with Crippen molar-refractivity contribution < 1.29 is 4.74 Å². The summed E-state index contributed by atoms with van der Waals surface area (Å²) < 4.78 is 9.25. The van der Waals surface area contributed by atoms with Gasteiger partial charge in [0.1, 0.15) is 11.5 Å². The van der Waals surface area contributed by atoms with Gasteiger partial charge in [-0.3, -0.25) is 0 Å². The third-order valence-electron chi connectivity index (χ3n) is 14.3. The molecule has 1 unspecified atom stereocenters. The highest BCUT2D eigenvalue weighted by Crippen LogP contribution is 2.49. The highest BCUT2D eigenvalue weighted by Gasteiger charge is 2.38. The molecular weight excluding hydrogens is 808 g/mol. The van der Waals surface area contributed by atoms with E-state index in [1.807, 2.05) is 17.4 Å². The number of rotatable bonds is 16. The van der Waals surface area contributed by atoms with E-state index in [9.17, 15) is 0 Å². The zero-order valence-corrected chi connectivity index (χ0v) is 43.4. The largest absolute Gasteiger partial charge is 0.461 e. The minimum absolute atomic E-state index is 0.0918. The van der Waals surface area contributed by atoms with Gasteiger partial charge in [0.25, 0.3) is 0 Å². The standard InChI is InChI=1S/C60H80BN2OS/c1-15-19-25-43(7)26-22-29-47(18-4)63-44(8)53(39-49-38-45-27-20-21-30-54(45)64-49)61-57-56(50-40-51-52(41-55(50)65-57)60(13,14)35-34-59(51,11)12)62(37-32-48(63)24-16-2)36-23-28-46(17-3)58(9,10)33-31-42(5)6/h16-18,20-24,26-30,32,39-43H,4,15,19,25,31,33-38H2,1-3,5-14H3/b24-16-,26-22+,28-23-,46-17+,47-29+,48-32+,49-39+,53-44-. The third kappa shape index (κ3) is 11.7. The Balaban J connectivity index is 1.59. The highest BCUT2D eigenvalue weighted by molar-refractivity contribution is 7.29. The summed E-state index contributed by atoms with van der Waals surface area (Å²) >= 11 is 1.94. The van der Waals surface area contributed by atoms with Gasteiger partial charge in [-0.15, -0.1) is 11.3 Å². The van der Waals surface area contributed by atoms with Gasteiger partial charge in [-0.1, -0.05) is 155 Å². The smallest absolute Gasteiger partial charge is 0.210 e. The summed E-state index contributed by atoms with van der Waals surface area (Å²) in [5, 5.41) is 1.35. The Kier molecular flexibility index (Phi) is 16.5. The molecule has 5 heteroatoms. The summed E-state index contributed by atoms with van der Waals surface area (Å²) in [6.45, 7) is 36.4. The van der Waals surface area contributed by atoms with E-state index in [2.05, 4.69) is 211 Å². The first kappa shape index (κ1) is 49.9. The van der Waals surface area contributed by atoms with Crippen LogP contribution in [0.5, 0.6) is 5.75 Å². The van der Waals surface area contributed by atoms with E-state index in [-0.39, 0.29) is 16.2 Å². The van der Waals surface area contributed by atoms with Crippen LogP contribution in [0.3, 0.4) is 0 Å². The van der Waals surface area contributed by atoms with Crippen LogP contribution < -0.4 is 14.4 Å². The lowest BCUT2D eigenvalue weighted by Crippen LogP contribution is -2.34. The molecule has 1 aliphatic carbocycles. The van der Waals surface area contributed by atoms with Gasteiger partial charge in [-0.2, -0.15) is 0 Å². The summed E-state index contributed by atoms with van der Waals surface area (Å²) in [7, 11) is 2.46. The summed E-state index contributed by atoms with van der Waals surface area (Å²) in [4.78, 5) is 5.04. The summed E-state index contributed by atoms with van der Waals surface area (Å²) in [5.74, 6) is 3.09. The molecule has 3 aliphatic rings. The normalized spacial score (nSPS) is 21.2. The van der Waals surface area contributed by atoms with E-state index < -0.39 is 0 Å². The predicted molar refractivity (Wildman–Crippen MR) is 288 cm³/mol. The molecule has 0 fully saturated rings. The number of unbranched alkanes of at least 4 members (excludes halogenated alkanes) is 1. The number of fused-ring (bicyclic) bond motifs is 5. The van der Waals surface area contributed by atoms with Gasteiger partial charge in [-0.05, 0) is 145 Å². The number of thiophene rings is 1. The first-order chi connectivity index (χ1) is 30.9. The molecule has 1 atom stereocenters. The van der Waals surface area contributed by atoms with Crippen LogP contribution >= 0.6 is 11.3 Å². The molecule has 3 aromatic rings. The Bertz CT molecular complexity index is 2410. The summed E-state index contributed by atoms with van der Waals surface area (Å²) in [6.07, 6.45) is 34.3. The molecule has 0 N–H and O–H groups in total. The van der Waals surface area contributed by atoms with Gasteiger partial charge >= 0.3 is 0 Å². The van der Waals surface area contributed by atoms with E-state index in [1.54, 1.807) is 0 Å². The first-order valence-electron chi connectivity index (χ1n) is 24.8. The lowest BCUT2D eigenvalue weighted by Gasteiger charge is -2.42. The molecule has 3 heterocycles. The Labute approximate surface area is 400 Å². The maximum Gasteiger partial charge on any atom is 0.210 e. The minimum Gasteiger partial charge on any atom is -0.461 e. The quantitative estimate of drug-likeness (QED) is 0.105. The van der Waals surface area contributed by atoms with Crippen LogP contribution in [0, 0.1) is 17.3 Å². The average Bonchev–Trinajstić information content (AvgIpc) is 3.84. The molecule has 0 saturated carbocycles. The number of allylic oxidation sites excluding steroid dienone is 13. The van der Waals surface area contributed by atoms with Crippen molar-refractivity contribution >= 4 is 39.2 Å². The van der Waals surface area contributed by atoms with Crippen molar-refractivity contribution in [3.63, 3.8) is 0 Å². The Morgan fingerprint density at radius 2 is 1.74 bits per heavy atom. The monoisotopic (exact) mass is 888 g/mol. The van der Waals surface area contributed by atoms with Crippen LogP contribution in [-0.4, -0.2) is 25.3 Å². The highest BCUT2D eigenvalue weighted by atomic mass is 32.1. The van der Waals surface area contributed by atoms with E-state index in [1.165, 1.54) is 87.8 Å². The molecule has 2 aliphatic heterocycles. The predicted octanol–water partition coefficient (Wildman–Crippen LogP) is 16.3. The Morgan fingerprint density at radius 1 is 1.02 bits per heavy atom. The molecule has 0 saturated heterocycles. The van der Waals surface area contributed by atoms with Crippen LogP contribution in [0.2, 0.25) is 0 Å². The fraction of sp³-hybridized carbons (Fsp3) is 0.467. The van der Waals surface area contributed by atoms with Crippen molar-refractivity contribution in [1.82, 2.24) is 4.90 Å². The molecule has 345 valence electrons. The number of hydrogen-bond donors (Lipinski definition) is 0.